The summed E-state index contributed by atoms with van der Waals surface area (Å²) in [6, 6.07) is 6.60. The molecule has 1 atom stereocenters. The van der Waals surface area contributed by atoms with Crippen LogP contribution in [0.3, 0.4) is 0 Å². The molecule has 1 N–H and O–H groups in total. The molecule has 0 spiro atoms. The zero-order chi connectivity index (χ0) is 13.1. The highest BCUT2D eigenvalue weighted by molar-refractivity contribution is 7.99. The topological polar surface area (TPSA) is 21.3 Å². The second-order valence-corrected chi connectivity index (χ2v) is 7.22. The summed E-state index contributed by atoms with van der Waals surface area (Å²) < 4.78 is 6.07. The molecular formula is C16H23NOS. The van der Waals surface area contributed by atoms with E-state index in [1.165, 1.54) is 35.5 Å². The highest BCUT2D eigenvalue weighted by Gasteiger charge is 2.28. The van der Waals surface area contributed by atoms with Crippen LogP contribution in [0.15, 0.2) is 18.2 Å². The van der Waals surface area contributed by atoms with E-state index in [1.807, 2.05) is 0 Å². The molecule has 1 fully saturated rings. The van der Waals surface area contributed by atoms with E-state index in [0.29, 0.717) is 5.41 Å². The quantitative estimate of drug-likeness (QED) is 0.916. The van der Waals surface area contributed by atoms with Gasteiger partial charge in [0.15, 0.2) is 0 Å². The van der Waals surface area contributed by atoms with Crippen LogP contribution in [-0.4, -0.2) is 24.7 Å². The Hall–Kier alpha value is -0.670. The predicted molar refractivity (Wildman–Crippen MR) is 82.0 cm³/mol. The van der Waals surface area contributed by atoms with Gasteiger partial charge in [0.05, 0.1) is 6.61 Å². The summed E-state index contributed by atoms with van der Waals surface area (Å²) in [4.78, 5) is 0. The largest absolute Gasteiger partial charge is 0.493 e. The first-order valence-electron chi connectivity index (χ1n) is 7.28. The van der Waals surface area contributed by atoms with E-state index in [1.54, 1.807) is 0 Å². The monoisotopic (exact) mass is 277 g/mol. The van der Waals surface area contributed by atoms with Gasteiger partial charge < -0.3 is 10.1 Å². The van der Waals surface area contributed by atoms with Gasteiger partial charge in [0, 0.05) is 17.7 Å². The molecular weight excluding hydrogens is 254 g/mol. The number of nitrogens with one attached hydrogen (secondary N) is 1. The molecule has 0 amide bonds. The van der Waals surface area contributed by atoms with Crippen molar-refractivity contribution in [1.82, 2.24) is 5.32 Å². The Morgan fingerprint density at radius 2 is 2.32 bits per heavy atom. The second-order valence-electron chi connectivity index (χ2n) is 6.11. The molecule has 104 valence electrons. The third kappa shape index (κ3) is 3.26. The second kappa shape index (κ2) is 5.76. The molecule has 1 aromatic carbocycles. The van der Waals surface area contributed by atoms with E-state index < -0.39 is 0 Å². The van der Waals surface area contributed by atoms with Crippen molar-refractivity contribution in [3.63, 3.8) is 0 Å². The smallest absolute Gasteiger partial charge is 0.119 e. The van der Waals surface area contributed by atoms with Gasteiger partial charge in [-0.3, -0.25) is 0 Å². The maximum Gasteiger partial charge on any atom is 0.119 e. The summed E-state index contributed by atoms with van der Waals surface area (Å²) in [5.41, 5.74) is 3.24. The van der Waals surface area contributed by atoms with E-state index in [-0.39, 0.29) is 0 Å². The Balaban J connectivity index is 1.63. The highest BCUT2D eigenvalue weighted by Crippen LogP contribution is 2.34. The van der Waals surface area contributed by atoms with Gasteiger partial charge in [-0.2, -0.15) is 11.8 Å². The summed E-state index contributed by atoms with van der Waals surface area (Å²) in [5.74, 6) is 3.60. The summed E-state index contributed by atoms with van der Waals surface area (Å²) >= 11 is 2.07. The molecule has 19 heavy (non-hydrogen) atoms. The van der Waals surface area contributed by atoms with E-state index >= 15 is 0 Å². The predicted octanol–water partition coefficient (Wildman–Crippen LogP) is 3.24. The third-order valence-corrected chi connectivity index (χ3v) is 5.65. The van der Waals surface area contributed by atoms with Crippen molar-refractivity contribution >= 4 is 11.8 Å². The van der Waals surface area contributed by atoms with Crippen molar-refractivity contribution in [2.45, 2.75) is 32.7 Å². The van der Waals surface area contributed by atoms with Gasteiger partial charge >= 0.3 is 0 Å². The minimum Gasteiger partial charge on any atom is -0.493 e. The lowest BCUT2D eigenvalue weighted by molar-refractivity contribution is 0.170. The fourth-order valence-corrected chi connectivity index (χ4v) is 4.12. The standard InChI is InChI=1S/C16H23NOS/c1-16(6-2-8-19-12-16)11-18-15-4-3-13-5-7-17-10-14(13)9-15/h3-4,9,17H,2,5-8,10-12H2,1H3. The fourth-order valence-electron chi connectivity index (χ4n) is 2.91. The van der Waals surface area contributed by atoms with Crippen LogP contribution in [0.1, 0.15) is 30.9 Å². The zero-order valence-electron chi connectivity index (χ0n) is 11.7. The molecule has 3 heteroatoms. The van der Waals surface area contributed by atoms with E-state index in [4.69, 9.17) is 4.74 Å². The van der Waals surface area contributed by atoms with Crippen LogP contribution in [0.5, 0.6) is 5.75 Å². The van der Waals surface area contributed by atoms with Crippen LogP contribution in [0, 0.1) is 5.41 Å². The molecule has 0 radical (unpaired) electrons. The highest BCUT2D eigenvalue weighted by atomic mass is 32.2. The Morgan fingerprint density at radius 1 is 1.37 bits per heavy atom. The summed E-state index contributed by atoms with van der Waals surface area (Å²) in [6.07, 6.45) is 3.77. The van der Waals surface area contributed by atoms with Gasteiger partial charge in [-0.15, -0.1) is 0 Å². The van der Waals surface area contributed by atoms with Crippen LogP contribution in [-0.2, 0) is 13.0 Å². The number of hydrogen-bond acceptors (Lipinski definition) is 3. The lowest BCUT2D eigenvalue weighted by Gasteiger charge is -2.32. The van der Waals surface area contributed by atoms with Crippen molar-refractivity contribution in [2.75, 3.05) is 24.7 Å². The summed E-state index contributed by atoms with van der Waals surface area (Å²) in [7, 11) is 0. The van der Waals surface area contributed by atoms with Crippen molar-refractivity contribution in [1.29, 1.82) is 0 Å². The maximum absolute atomic E-state index is 6.07. The molecule has 0 bridgehead atoms. The minimum absolute atomic E-state index is 0.358. The maximum atomic E-state index is 6.07. The van der Waals surface area contributed by atoms with Crippen molar-refractivity contribution < 1.29 is 4.74 Å². The average Bonchev–Trinajstić information content (AvgIpc) is 2.46. The Kier molecular flexibility index (Phi) is 4.04. The van der Waals surface area contributed by atoms with Gasteiger partial charge in [-0.1, -0.05) is 13.0 Å². The SMILES string of the molecule is CC1(COc2ccc3c(c2)CNCC3)CCCSC1. The number of hydrogen-bond donors (Lipinski definition) is 1. The first kappa shape index (κ1) is 13.3. The molecule has 0 aliphatic carbocycles. The lowest BCUT2D eigenvalue weighted by atomic mass is 9.88. The molecule has 2 heterocycles. The Labute approximate surface area is 120 Å². The van der Waals surface area contributed by atoms with Gasteiger partial charge in [0.1, 0.15) is 5.75 Å². The van der Waals surface area contributed by atoms with E-state index in [2.05, 4.69) is 42.2 Å². The third-order valence-electron chi connectivity index (χ3n) is 4.17. The Morgan fingerprint density at radius 3 is 3.16 bits per heavy atom. The first-order chi connectivity index (χ1) is 9.25. The van der Waals surface area contributed by atoms with Crippen molar-refractivity contribution in [2.24, 2.45) is 5.41 Å². The molecule has 1 unspecified atom stereocenters. The van der Waals surface area contributed by atoms with E-state index in [0.717, 1.165) is 31.9 Å². The van der Waals surface area contributed by atoms with Crippen LogP contribution in [0.4, 0.5) is 0 Å². The van der Waals surface area contributed by atoms with Gasteiger partial charge in [0.2, 0.25) is 0 Å². The first-order valence-corrected chi connectivity index (χ1v) is 8.44. The van der Waals surface area contributed by atoms with Crippen LogP contribution >= 0.6 is 11.8 Å². The molecule has 1 saturated heterocycles. The zero-order valence-corrected chi connectivity index (χ0v) is 12.5. The number of thioether (sulfide) groups is 1. The number of ether oxygens (including phenoxy) is 1. The number of rotatable bonds is 3. The number of benzene rings is 1. The van der Waals surface area contributed by atoms with Crippen molar-refractivity contribution in [3.8, 4) is 5.75 Å². The van der Waals surface area contributed by atoms with Crippen molar-refractivity contribution in [3.05, 3.63) is 29.3 Å². The van der Waals surface area contributed by atoms with Gasteiger partial charge in [0.25, 0.3) is 0 Å². The average molecular weight is 277 g/mol. The molecule has 0 saturated carbocycles. The van der Waals surface area contributed by atoms with Crippen LogP contribution < -0.4 is 10.1 Å². The minimum atomic E-state index is 0.358. The van der Waals surface area contributed by atoms with Crippen LogP contribution in [0.2, 0.25) is 0 Å². The normalized spacial score (nSPS) is 26.8. The molecule has 0 aromatic heterocycles. The number of fused-ring (bicyclic) bond motifs is 1. The molecule has 3 rings (SSSR count). The molecule has 2 nitrogen and oxygen atoms in total. The summed E-state index contributed by atoms with van der Waals surface area (Å²) in [6.45, 7) is 5.30. The lowest BCUT2D eigenvalue weighted by Crippen LogP contribution is -2.31. The van der Waals surface area contributed by atoms with Crippen LogP contribution in [0.25, 0.3) is 0 Å². The fraction of sp³-hybridized carbons (Fsp3) is 0.625. The van der Waals surface area contributed by atoms with Gasteiger partial charge in [-0.25, -0.2) is 0 Å². The van der Waals surface area contributed by atoms with Gasteiger partial charge in [-0.05, 0) is 54.8 Å². The molecule has 1 aromatic rings. The molecule has 2 aliphatic rings. The Bertz CT molecular complexity index is 440. The molecule has 2 aliphatic heterocycles. The van der Waals surface area contributed by atoms with E-state index in [9.17, 15) is 0 Å². The summed E-state index contributed by atoms with van der Waals surface area (Å²) in [5, 5.41) is 3.42.